The van der Waals surface area contributed by atoms with Gasteiger partial charge in [-0.1, -0.05) is 54.6 Å². The number of hydrogen-bond acceptors (Lipinski definition) is 9. The molecule has 0 aromatic heterocycles. The van der Waals surface area contributed by atoms with Crippen molar-refractivity contribution >= 4 is 29.2 Å². The van der Waals surface area contributed by atoms with Crippen molar-refractivity contribution in [3.63, 3.8) is 0 Å². The molecular weight excluding hydrogens is 572 g/mol. The van der Waals surface area contributed by atoms with Crippen LogP contribution < -0.4 is 20.7 Å². The van der Waals surface area contributed by atoms with Crippen molar-refractivity contribution in [2.24, 2.45) is 5.73 Å². The van der Waals surface area contributed by atoms with Crippen molar-refractivity contribution in [3.05, 3.63) is 143 Å². The van der Waals surface area contributed by atoms with Gasteiger partial charge < -0.3 is 25.3 Å². The molecule has 1 aliphatic heterocycles. The van der Waals surface area contributed by atoms with E-state index in [2.05, 4.69) is 11.4 Å². The second-order valence-electron chi connectivity index (χ2n) is 9.78. The minimum atomic E-state index is -1.01. The van der Waals surface area contributed by atoms with Crippen LogP contribution in [0, 0.1) is 11.3 Å². The lowest BCUT2D eigenvalue weighted by molar-refractivity contribution is -0.139. The number of nitrogens with one attached hydrogen (secondary N) is 1. The summed E-state index contributed by atoms with van der Waals surface area (Å²) in [5.74, 6) is -2.01. The average molecular weight is 601 g/mol. The molecule has 0 fully saturated rings. The van der Waals surface area contributed by atoms with Gasteiger partial charge in [-0.15, -0.1) is 0 Å². The Balaban J connectivity index is 1.51. The Bertz CT molecular complexity index is 1840. The van der Waals surface area contributed by atoms with E-state index in [9.17, 15) is 19.6 Å². The molecule has 4 aromatic carbocycles. The number of benzene rings is 4. The van der Waals surface area contributed by atoms with Crippen LogP contribution in [0.25, 0.3) is 0 Å². The van der Waals surface area contributed by atoms with Crippen molar-refractivity contribution in [2.45, 2.75) is 5.92 Å². The maximum Gasteiger partial charge on any atom is 0.355 e. The molecule has 0 spiro atoms. The number of nitrogens with two attached hydrogens (primary N) is 1. The molecule has 0 saturated heterocycles. The molecule has 0 radical (unpaired) electrons. The molecule has 3 N–H and O–H groups in total. The Kier molecular flexibility index (Phi) is 8.91. The zero-order valence-corrected chi connectivity index (χ0v) is 24.4. The Morgan fingerprint density at radius 1 is 0.800 bits per heavy atom. The van der Waals surface area contributed by atoms with E-state index < -0.39 is 23.8 Å². The molecule has 45 heavy (non-hydrogen) atoms. The number of esters is 2. The molecule has 1 aliphatic rings. The zero-order valence-electron chi connectivity index (χ0n) is 24.4. The molecule has 10 nitrogen and oxygen atoms in total. The first-order valence-electron chi connectivity index (χ1n) is 13.8. The first-order valence-corrected chi connectivity index (χ1v) is 13.8. The van der Waals surface area contributed by atoms with Gasteiger partial charge >= 0.3 is 11.9 Å². The number of rotatable bonds is 8. The standard InChI is InChI=1S/C35H28N4O6/c1-43-34(41)30-29(22-10-5-3-6-11-22)28(21-36)32(37)39(31(30)35(42)44-2)25-13-9-12-23(20-25)33(40)38-24-16-18-27(19-17-24)45-26-14-7-4-8-15-26/h3-20,29H,37H2,1-2H3,(H,38,40). The molecule has 1 heterocycles. The van der Waals surface area contributed by atoms with Gasteiger partial charge in [0.15, 0.2) is 0 Å². The first-order chi connectivity index (χ1) is 21.9. The number of nitrogens with zero attached hydrogens (tertiary/aromatic N) is 2. The predicted octanol–water partition coefficient (Wildman–Crippen LogP) is 5.63. The number of hydrogen-bond donors (Lipinski definition) is 2. The summed E-state index contributed by atoms with van der Waals surface area (Å²) in [5, 5.41) is 13.1. The maximum atomic E-state index is 13.3. The molecule has 5 rings (SSSR count). The number of carbonyl (C=O) groups is 3. The third kappa shape index (κ3) is 6.23. The number of amides is 1. The third-order valence-corrected chi connectivity index (χ3v) is 7.07. The highest BCUT2D eigenvalue weighted by molar-refractivity contribution is 6.08. The lowest BCUT2D eigenvalue weighted by atomic mass is 9.81. The van der Waals surface area contributed by atoms with Gasteiger partial charge in [0.05, 0.1) is 37.4 Å². The monoisotopic (exact) mass is 600 g/mol. The normalized spacial score (nSPS) is 14.3. The van der Waals surface area contributed by atoms with Crippen LogP contribution in [0.2, 0.25) is 0 Å². The Morgan fingerprint density at radius 2 is 1.42 bits per heavy atom. The Hall–Kier alpha value is -6.34. The molecule has 10 heteroatoms. The van der Waals surface area contributed by atoms with E-state index in [0.717, 1.165) is 0 Å². The lowest BCUT2D eigenvalue weighted by Gasteiger charge is -2.36. The Labute approximate surface area is 259 Å². The van der Waals surface area contributed by atoms with Crippen molar-refractivity contribution in [3.8, 4) is 17.6 Å². The van der Waals surface area contributed by atoms with E-state index >= 15 is 0 Å². The van der Waals surface area contributed by atoms with E-state index in [0.29, 0.717) is 22.7 Å². The minimum absolute atomic E-state index is 0.0157. The topological polar surface area (TPSA) is 144 Å². The summed E-state index contributed by atoms with van der Waals surface area (Å²) in [6.45, 7) is 0. The van der Waals surface area contributed by atoms with Crippen LogP contribution in [0.1, 0.15) is 21.8 Å². The molecule has 1 unspecified atom stereocenters. The number of ether oxygens (including phenoxy) is 3. The van der Waals surface area contributed by atoms with Gasteiger partial charge in [0.1, 0.15) is 23.0 Å². The molecular formula is C35H28N4O6. The molecule has 0 saturated carbocycles. The van der Waals surface area contributed by atoms with Crippen LogP contribution in [0.5, 0.6) is 11.5 Å². The van der Waals surface area contributed by atoms with Crippen LogP contribution in [0.3, 0.4) is 0 Å². The fraction of sp³-hybridized carbons (Fsp3) is 0.0857. The van der Waals surface area contributed by atoms with Crippen molar-refractivity contribution in [1.29, 1.82) is 5.26 Å². The Morgan fingerprint density at radius 3 is 2.04 bits per heavy atom. The highest BCUT2D eigenvalue weighted by Gasteiger charge is 2.43. The van der Waals surface area contributed by atoms with Gasteiger partial charge in [-0.25, -0.2) is 9.59 Å². The van der Waals surface area contributed by atoms with Gasteiger partial charge in [-0.3, -0.25) is 9.69 Å². The summed E-state index contributed by atoms with van der Waals surface area (Å²) >= 11 is 0. The number of methoxy groups -OCH3 is 2. The second kappa shape index (κ2) is 13.3. The van der Waals surface area contributed by atoms with Gasteiger partial charge in [-0.2, -0.15) is 5.26 Å². The lowest BCUT2D eigenvalue weighted by Crippen LogP contribution is -2.40. The maximum absolute atomic E-state index is 13.3. The van der Waals surface area contributed by atoms with Crippen molar-refractivity contribution < 1.29 is 28.6 Å². The molecule has 0 bridgehead atoms. The quantitative estimate of drug-likeness (QED) is 0.246. The van der Waals surface area contributed by atoms with Crippen molar-refractivity contribution in [2.75, 3.05) is 24.4 Å². The highest BCUT2D eigenvalue weighted by atomic mass is 16.5. The van der Waals surface area contributed by atoms with E-state index in [-0.39, 0.29) is 33.9 Å². The van der Waals surface area contributed by atoms with Gasteiger partial charge in [-0.05, 0) is 60.2 Å². The fourth-order valence-electron chi connectivity index (χ4n) is 5.00. The second-order valence-corrected chi connectivity index (χ2v) is 9.78. The number of allylic oxidation sites excluding steroid dienone is 1. The van der Waals surface area contributed by atoms with Gasteiger partial charge in [0, 0.05) is 16.9 Å². The molecule has 4 aromatic rings. The number of anilines is 2. The summed E-state index contributed by atoms with van der Waals surface area (Å²) in [7, 11) is 2.34. The van der Waals surface area contributed by atoms with E-state index in [1.54, 1.807) is 72.8 Å². The SMILES string of the molecule is COC(=O)C1=C(C(=O)OC)N(c2cccc(C(=O)Nc3ccc(Oc4ccccc4)cc3)c2)C(N)=C(C#N)C1c1ccccc1. The predicted molar refractivity (Wildman–Crippen MR) is 167 cm³/mol. The smallest absolute Gasteiger partial charge is 0.355 e. The van der Waals surface area contributed by atoms with E-state index in [1.165, 1.54) is 25.2 Å². The summed E-state index contributed by atoms with van der Waals surface area (Å²) in [6, 6.07) is 33.2. The fourth-order valence-corrected chi connectivity index (χ4v) is 5.00. The van der Waals surface area contributed by atoms with E-state index in [4.69, 9.17) is 19.9 Å². The molecule has 224 valence electrons. The molecule has 1 atom stereocenters. The summed E-state index contributed by atoms with van der Waals surface area (Å²) < 4.78 is 16.0. The van der Waals surface area contributed by atoms with Crippen LogP contribution in [0.15, 0.2) is 132 Å². The average Bonchev–Trinajstić information content (AvgIpc) is 3.08. The summed E-state index contributed by atoms with van der Waals surface area (Å²) in [6.07, 6.45) is 0. The van der Waals surface area contributed by atoms with Gasteiger partial charge in [0.2, 0.25) is 0 Å². The largest absolute Gasteiger partial charge is 0.466 e. The number of para-hydroxylation sites is 1. The van der Waals surface area contributed by atoms with E-state index in [1.807, 2.05) is 30.3 Å². The molecule has 0 aliphatic carbocycles. The molecule has 1 amide bonds. The van der Waals surface area contributed by atoms with Gasteiger partial charge in [0.25, 0.3) is 5.91 Å². The first kappa shape index (κ1) is 30.1. The van der Waals surface area contributed by atoms with Crippen LogP contribution in [-0.2, 0) is 19.1 Å². The summed E-state index contributed by atoms with van der Waals surface area (Å²) in [5.41, 5.74) is 7.75. The van der Waals surface area contributed by atoms with Crippen LogP contribution >= 0.6 is 0 Å². The highest BCUT2D eigenvalue weighted by Crippen LogP contribution is 2.43. The summed E-state index contributed by atoms with van der Waals surface area (Å²) in [4.78, 5) is 41.2. The van der Waals surface area contributed by atoms with Crippen LogP contribution in [0.4, 0.5) is 11.4 Å². The van der Waals surface area contributed by atoms with Crippen molar-refractivity contribution in [1.82, 2.24) is 0 Å². The van der Waals surface area contributed by atoms with Crippen LogP contribution in [-0.4, -0.2) is 32.1 Å². The number of nitriles is 1. The minimum Gasteiger partial charge on any atom is -0.466 e. The zero-order chi connectivity index (χ0) is 31.9. The third-order valence-electron chi connectivity index (χ3n) is 7.07. The number of carbonyl (C=O) groups excluding carboxylic acids is 3.